The van der Waals surface area contributed by atoms with E-state index in [0.717, 1.165) is 0 Å². The molecule has 0 heterocycles. The van der Waals surface area contributed by atoms with E-state index >= 15 is 0 Å². The number of allylic oxidation sites excluding steroid dienone is 2. The van der Waals surface area contributed by atoms with Crippen molar-refractivity contribution in [1.82, 2.24) is 0 Å². The van der Waals surface area contributed by atoms with Crippen molar-refractivity contribution in [3.05, 3.63) is 77.4 Å². The molecule has 1 aliphatic carbocycles. The van der Waals surface area contributed by atoms with E-state index in [1.807, 2.05) is 0 Å². The van der Waals surface area contributed by atoms with Crippen molar-refractivity contribution in [2.75, 3.05) is 14.2 Å². The van der Waals surface area contributed by atoms with E-state index in [4.69, 9.17) is 9.47 Å². The van der Waals surface area contributed by atoms with Crippen LogP contribution in [0.5, 0.6) is 0 Å². The molecule has 0 N–H and O–H groups in total. The summed E-state index contributed by atoms with van der Waals surface area (Å²) in [6, 6.07) is 11.3. The van der Waals surface area contributed by atoms with Crippen LogP contribution in [-0.2, 0) is 19.1 Å². The van der Waals surface area contributed by atoms with Crippen LogP contribution in [0.4, 0.5) is 8.78 Å². The van der Waals surface area contributed by atoms with E-state index in [9.17, 15) is 18.4 Å². The molecule has 0 spiro atoms. The molecule has 1 atom stereocenters. The first kappa shape index (κ1) is 18.8. The highest BCUT2D eigenvalue weighted by Gasteiger charge is 2.57. The van der Waals surface area contributed by atoms with Gasteiger partial charge >= 0.3 is 11.9 Å². The summed E-state index contributed by atoms with van der Waals surface area (Å²) in [7, 11) is 2.40. The number of halogens is 2. The van der Waals surface area contributed by atoms with Gasteiger partial charge in [-0.25, -0.2) is 8.78 Å². The monoisotopic (exact) mass is 372 g/mol. The molecule has 27 heavy (non-hydrogen) atoms. The van der Waals surface area contributed by atoms with E-state index in [2.05, 4.69) is 0 Å². The number of benzene rings is 2. The number of esters is 2. The number of rotatable bonds is 4. The molecule has 0 aromatic heterocycles. The normalized spacial score (nSPS) is 17.9. The summed E-state index contributed by atoms with van der Waals surface area (Å²) in [5.74, 6) is -3.01. The zero-order chi connectivity index (χ0) is 19.6. The summed E-state index contributed by atoms with van der Waals surface area (Å²) in [5.41, 5.74) is 0.299. The lowest BCUT2D eigenvalue weighted by atomic mass is 9.73. The van der Waals surface area contributed by atoms with Crippen molar-refractivity contribution in [3.8, 4) is 0 Å². The summed E-state index contributed by atoms with van der Waals surface area (Å²) in [4.78, 5) is 25.5. The van der Waals surface area contributed by atoms with Crippen molar-refractivity contribution in [1.29, 1.82) is 0 Å². The van der Waals surface area contributed by atoms with Gasteiger partial charge in [0.1, 0.15) is 11.6 Å². The summed E-state index contributed by atoms with van der Waals surface area (Å²) in [6.07, 6.45) is 1.79. The van der Waals surface area contributed by atoms with E-state index < -0.39 is 29.1 Å². The standard InChI is InChI=1S/C21H18F2O4/c1-26-19(24)21(20(25)27-2)12-15(13-3-7-16(22)8-4-13)11-18(21)14-5-9-17(23)10-6-14/h3-11,18H,12H2,1-2H3. The molecule has 0 radical (unpaired) electrons. The maximum Gasteiger partial charge on any atom is 0.324 e. The van der Waals surface area contributed by atoms with Gasteiger partial charge in [-0.3, -0.25) is 9.59 Å². The molecule has 0 amide bonds. The minimum absolute atomic E-state index is 0.0278. The summed E-state index contributed by atoms with van der Waals surface area (Å²) < 4.78 is 36.5. The van der Waals surface area contributed by atoms with Gasteiger partial charge in [-0.1, -0.05) is 30.3 Å². The average Bonchev–Trinajstić information content (AvgIpc) is 3.09. The number of carbonyl (C=O) groups excluding carboxylic acids is 2. The smallest absolute Gasteiger partial charge is 0.324 e. The molecule has 0 aliphatic heterocycles. The molecule has 3 rings (SSSR count). The fourth-order valence-electron chi connectivity index (χ4n) is 3.57. The largest absolute Gasteiger partial charge is 0.468 e. The van der Waals surface area contributed by atoms with Gasteiger partial charge in [0.2, 0.25) is 0 Å². The van der Waals surface area contributed by atoms with Crippen molar-refractivity contribution in [2.24, 2.45) is 5.41 Å². The van der Waals surface area contributed by atoms with Crippen LogP contribution in [0.15, 0.2) is 54.6 Å². The van der Waals surface area contributed by atoms with Gasteiger partial charge in [0.15, 0.2) is 5.41 Å². The molecule has 0 saturated heterocycles. The Hall–Kier alpha value is -3.02. The van der Waals surface area contributed by atoms with Gasteiger partial charge in [0.25, 0.3) is 0 Å². The van der Waals surface area contributed by atoms with Crippen LogP contribution in [-0.4, -0.2) is 26.2 Å². The zero-order valence-electron chi connectivity index (χ0n) is 14.9. The lowest BCUT2D eigenvalue weighted by molar-refractivity contribution is -0.169. The molecular formula is C21H18F2O4. The molecule has 6 heteroatoms. The maximum atomic E-state index is 13.4. The van der Waals surface area contributed by atoms with E-state index in [1.165, 1.54) is 50.6 Å². The highest BCUT2D eigenvalue weighted by molar-refractivity contribution is 6.05. The van der Waals surface area contributed by atoms with Gasteiger partial charge in [0.05, 0.1) is 14.2 Å². The van der Waals surface area contributed by atoms with E-state index in [0.29, 0.717) is 16.7 Å². The third-order valence-corrected chi connectivity index (χ3v) is 4.91. The summed E-state index contributed by atoms with van der Waals surface area (Å²) in [5, 5.41) is 0. The minimum atomic E-state index is -1.63. The second-order valence-corrected chi connectivity index (χ2v) is 6.36. The molecule has 140 valence electrons. The van der Waals surface area contributed by atoms with Gasteiger partial charge in [-0.05, 0) is 41.0 Å². The number of methoxy groups -OCH3 is 2. The van der Waals surface area contributed by atoms with Crippen LogP contribution in [0.1, 0.15) is 23.5 Å². The first-order valence-electron chi connectivity index (χ1n) is 8.31. The first-order valence-corrected chi connectivity index (χ1v) is 8.31. The second-order valence-electron chi connectivity index (χ2n) is 6.36. The predicted molar refractivity (Wildman–Crippen MR) is 94.6 cm³/mol. The average molecular weight is 372 g/mol. The summed E-state index contributed by atoms with van der Waals surface area (Å²) >= 11 is 0. The lowest BCUT2D eigenvalue weighted by Crippen LogP contribution is -2.43. The molecule has 1 aliphatic rings. The van der Waals surface area contributed by atoms with Crippen LogP contribution in [0.3, 0.4) is 0 Å². The van der Waals surface area contributed by atoms with Crippen molar-refractivity contribution >= 4 is 17.5 Å². The highest BCUT2D eigenvalue weighted by atomic mass is 19.1. The Kier molecular flexibility index (Phi) is 5.08. The molecule has 2 aromatic rings. The minimum Gasteiger partial charge on any atom is -0.468 e. The Labute approximate surface area is 155 Å². The SMILES string of the molecule is COC(=O)C1(C(=O)OC)CC(c2ccc(F)cc2)=CC1c1ccc(F)cc1. The Balaban J connectivity index is 2.16. The molecule has 0 saturated carbocycles. The second kappa shape index (κ2) is 7.31. The first-order chi connectivity index (χ1) is 12.9. The zero-order valence-corrected chi connectivity index (χ0v) is 14.9. The Morgan fingerprint density at radius 1 is 0.889 bits per heavy atom. The van der Waals surface area contributed by atoms with Crippen LogP contribution >= 0.6 is 0 Å². The molecule has 2 aromatic carbocycles. The molecule has 0 bridgehead atoms. The van der Waals surface area contributed by atoms with E-state index in [1.54, 1.807) is 18.2 Å². The Morgan fingerprint density at radius 3 is 1.85 bits per heavy atom. The topological polar surface area (TPSA) is 52.6 Å². The van der Waals surface area contributed by atoms with Crippen molar-refractivity contribution in [2.45, 2.75) is 12.3 Å². The van der Waals surface area contributed by atoms with E-state index in [-0.39, 0.29) is 12.2 Å². The summed E-state index contributed by atoms with van der Waals surface area (Å²) in [6.45, 7) is 0. The number of carbonyl (C=O) groups is 2. The van der Waals surface area contributed by atoms with Crippen molar-refractivity contribution < 1.29 is 27.8 Å². The van der Waals surface area contributed by atoms with Gasteiger partial charge in [-0.15, -0.1) is 0 Å². The van der Waals surface area contributed by atoms with Crippen LogP contribution in [0, 0.1) is 17.0 Å². The maximum absolute atomic E-state index is 13.4. The van der Waals surface area contributed by atoms with Crippen LogP contribution < -0.4 is 0 Å². The Bertz CT molecular complexity index is 869. The van der Waals surface area contributed by atoms with Gasteiger partial charge in [-0.2, -0.15) is 0 Å². The fraction of sp³-hybridized carbons (Fsp3) is 0.238. The van der Waals surface area contributed by atoms with Crippen molar-refractivity contribution in [3.63, 3.8) is 0 Å². The van der Waals surface area contributed by atoms with Gasteiger partial charge in [0, 0.05) is 12.3 Å². The number of hydrogen-bond donors (Lipinski definition) is 0. The van der Waals surface area contributed by atoms with Gasteiger partial charge < -0.3 is 9.47 Å². The predicted octanol–water partition coefficient (Wildman–Crippen LogP) is 3.87. The quantitative estimate of drug-likeness (QED) is 0.604. The Morgan fingerprint density at radius 2 is 1.37 bits per heavy atom. The van der Waals surface area contributed by atoms with Crippen LogP contribution in [0.25, 0.3) is 5.57 Å². The highest BCUT2D eigenvalue weighted by Crippen LogP contribution is 2.52. The van der Waals surface area contributed by atoms with Crippen LogP contribution in [0.2, 0.25) is 0 Å². The third kappa shape index (κ3) is 3.23. The fourth-order valence-corrected chi connectivity index (χ4v) is 3.57. The molecule has 0 fully saturated rings. The third-order valence-electron chi connectivity index (χ3n) is 4.91. The number of hydrogen-bond acceptors (Lipinski definition) is 4. The molecular weight excluding hydrogens is 354 g/mol. The lowest BCUT2D eigenvalue weighted by Gasteiger charge is -2.30. The molecule has 4 nitrogen and oxygen atoms in total. The molecule has 1 unspecified atom stereocenters. The number of ether oxygens (including phenoxy) is 2.